The van der Waals surface area contributed by atoms with Crippen molar-refractivity contribution in [2.45, 2.75) is 18.2 Å². The minimum Gasteiger partial charge on any atom is -0.326 e. The first kappa shape index (κ1) is 14.0. The summed E-state index contributed by atoms with van der Waals surface area (Å²) in [6, 6.07) is 6.23. The Morgan fingerprint density at radius 2 is 1.79 bits per heavy atom. The number of anilines is 1. The first-order valence-electron chi connectivity index (χ1n) is 6.16. The molecular weight excluding hydrogens is 264 g/mol. The molecule has 19 heavy (non-hydrogen) atoms. The zero-order valence-electron chi connectivity index (χ0n) is 11.3. The van der Waals surface area contributed by atoms with Gasteiger partial charge in [0.05, 0.1) is 4.90 Å². The van der Waals surface area contributed by atoms with Crippen LogP contribution >= 0.6 is 0 Å². The SMILES string of the molecule is C[C@H]1C[C@@H]1C(=O)Nc1ccc(S(=O)(=O)N(C)C)cc1. The molecule has 1 N–H and O–H groups in total. The molecule has 0 aromatic heterocycles. The highest BCUT2D eigenvalue weighted by Gasteiger charge is 2.39. The highest BCUT2D eigenvalue weighted by atomic mass is 32.2. The van der Waals surface area contributed by atoms with E-state index in [-0.39, 0.29) is 16.7 Å². The Morgan fingerprint density at radius 1 is 1.26 bits per heavy atom. The third-order valence-electron chi connectivity index (χ3n) is 3.35. The van der Waals surface area contributed by atoms with E-state index in [0.29, 0.717) is 11.6 Å². The Bertz CT molecular complexity index is 578. The van der Waals surface area contributed by atoms with E-state index in [1.807, 2.05) is 6.92 Å². The summed E-state index contributed by atoms with van der Waals surface area (Å²) in [6.07, 6.45) is 0.929. The van der Waals surface area contributed by atoms with Crippen LogP contribution in [0, 0.1) is 11.8 Å². The highest BCUT2D eigenvalue weighted by molar-refractivity contribution is 7.89. The van der Waals surface area contributed by atoms with Crippen molar-refractivity contribution in [3.8, 4) is 0 Å². The molecule has 0 radical (unpaired) electrons. The number of rotatable bonds is 4. The number of carbonyl (C=O) groups is 1. The van der Waals surface area contributed by atoms with Crippen molar-refractivity contribution in [1.82, 2.24) is 4.31 Å². The summed E-state index contributed by atoms with van der Waals surface area (Å²) in [6.45, 7) is 2.04. The molecule has 1 amide bonds. The van der Waals surface area contributed by atoms with Crippen molar-refractivity contribution >= 4 is 21.6 Å². The van der Waals surface area contributed by atoms with Gasteiger partial charge in [-0.1, -0.05) is 6.92 Å². The maximum Gasteiger partial charge on any atom is 0.242 e. The lowest BCUT2D eigenvalue weighted by Gasteiger charge is -2.12. The van der Waals surface area contributed by atoms with E-state index < -0.39 is 10.0 Å². The van der Waals surface area contributed by atoms with Gasteiger partial charge >= 0.3 is 0 Å². The van der Waals surface area contributed by atoms with E-state index in [4.69, 9.17) is 0 Å². The van der Waals surface area contributed by atoms with E-state index in [1.54, 1.807) is 12.1 Å². The van der Waals surface area contributed by atoms with Gasteiger partial charge in [0.1, 0.15) is 0 Å². The Kier molecular flexibility index (Phi) is 3.64. The third kappa shape index (κ3) is 2.96. The minimum atomic E-state index is -3.41. The van der Waals surface area contributed by atoms with Crippen LogP contribution in [0.1, 0.15) is 13.3 Å². The average molecular weight is 282 g/mol. The van der Waals surface area contributed by atoms with Gasteiger partial charge in [-0.25, -0.2) is 12.7 Å². The van der Waals surface area contributed by atoms with Crippen molar-refractivity contribution in [3.05, 3.63) is 24.3 Å². The second-order valence-electron chi connectivity index (χ2n) is 5.12. The molecule has 0 aliphatic heterocycles. The summed E-state index contributed by atoms with van der Waals surface area (Å²) in [5.74, 6) is 0.564. The van der Waals surface area contributed by atoms with Crippen molar-refractivity contribution in [2.75, 3.05) is 19.4 Å². The fourth-order valence-corrected chi connectivity index (χ4v) is 2.75. The second-order valence-corrected chi connectivity index (χ2v) is 7.27. The van der Waals surface area contributed by atoms with E-state index in [0.717, 1.165) is 10.7 Å². The standard InChI is InChI=1S/C13H18N2O3S/c1-9-8-12(9)13(16)14-10-4-6-11(7-5-10)19(17,18)15(2)3/h4-7,9,12H,8H2,1-3H3,(H,14,16)/t9-,12-/m0/s1. The monoisotopic (exact) mass is 282 g/mol. The number of sulfonamides is 1. The van der Waals surface area contributed by atoms with Gasteiger partial charge in [0.2, 0.25) is 15.9 Å². The zero-order valence-corrected chi connectivity index (χ0v) is 12.1. The molecule has 1 aromatic carbocycles. The Morgan fingerprint density at radius 3 is 2.21 bits per heavy atom. The van der Waals surface area contributed by atoms with Gasteiger partial charge in [0.15, 0.2) is 0 Å². The fraction of sp³-hybridized carbons (Fsp3) is 0.462. The largest absolute Gasteiger partial charge is 0.326 e. The number of hydrogen-bond acceptors (Lipinski definition) is 3. The van der Waals surface area contributed by atoms with Crippen LogP contribution in [0.25, 0.3) is 0 Å². The van der Waals surface area contributed by atoms with E-state index in [9.17, 15) is 13.2 Å². The predicted molar refractivity (Wildman–Crippen MR) is 73.2 cm³/mol. The lowest BCUT2D eigenvalue weighted by Crippen LogP contribution is -2.22. The van der Waals surface area contributed by atoms with Crippen LogP contribution in [0.5, 0.6) is 0 Å². The summed E-state index contributed by atoms with van der Waals surface area (Å²) in [4.78, 5) is 12.0. The highest BCUT2D eigenvalue weighted by Crippen LogP contribution is 2.38. The van der Waals surface area contributed by atoms with Gasteiger partial charge < -0.3 is 5.32 Å². The van der Waals surface area contributed by atoms with Gasteiger partial charge in [0, 0.05) is 25.7 Å². The van der Waals surface area contributed by atoms with Crippen LogP contribution < -0.4 is 5.32 Å². The number of amides is 1. The molecule has 2 atom stereocenters. The zero-order chi connectivity index (χ0) is 14.2. The molecule has 0 saturated heterocycles. The van der Waals surface area contributed by atoms with E-state index >= 15 is 0 Å². The summed E-state index contributed by atoms with van der Waals surface area (Å²) >= 11 is 0. The normalized spacial score (nSPS) is 22.3. The lowest BCUT2D eigenvalue weighted by atomic mass is 10.3. The van der Waals surface area contributed by atoms with Gasteiger partial charge in [-0.15, -0.1) is 0 Å². The van der Waals surface area contributed by atoms with Crippen molar-refractivity contribution in [3.63, 3.8) is 0 Å². The molecule has 5 nitrogen and oxygen atoms in total. The van der Waals surface area contributed by atoms with Crippen LogP contribution in [0.3, 0.4) is 0 Å². The molecule has 0 bridgehead atoms. The molecule has 1 aliphatic carbocycles. The number of nitrogens with zero attached hydrogens (tertiary/aromatic N) is 1. The van der Waals surface area contributed by atoms with Crippen LogP contribution in [-0.2, 0) is 14.8 Å². The Balaban J connectivity index is 2.09. The smallest absolute Gasteiger partial charge is 0.242 e. The molecule has 0 spiro atoms. The average Bonchev–Trinajstić information content (AvgIpc) is 3.07. The van der Waals surface area contributed by atoms with Crippen molar-refractivity contribution in [2.24, 2.45) is 11.8 Å². The molecular formula is C13H18N2O3S. The number of benzene rings is 1. The number of hydrogen-bond donors (Lipinski definition) is 1. The fourth-order valence-electron chi connectivity index (χ4n) is 1.84. The van der Waals surface area contributed by atoms with E-state index in [1.165, 1.54) is 26.2 Å². The second kappa shape index (κ2) is 4.94. The summed E-state index contributed by atoms with van der Waals surface area (Å²) < 4.78 is 24.9. The molecule has 1 fully saturated rings. The molecule has 1 aliphatic rings. The first-order chi connectivity index (χ1) is 8.82. The van der Waals surface area contributed by atoms with Gasteiger partial charge in [0.25, 0.3) is 0 Å². The number of nitrogens with one attached hydrogen (secondary N) is 1. The molecule has 0 heterocycles. The summed E-state index contributed by atoms with van der Waals surface area (Å²) in [5, 5.41) is 2.79. The van der Waals surface area contributed by atoms with Crippen molar-refractivity contribution in [1.29, 1.82) is 0 Å². The van der Waals surface area contributed by atoms with Crippen LogP contribution in [0.15, 0.2) is 29.2 Å². The quantitative estimate of drug-likeness (QED) is 0.910. The van der Waals surface area contributed by atoms with Crippen LogP contribution in [0.4, 0.5) is 5.69 Å². The molecule has 104 valence electrons. The minimum absolute atomic E-state index is 0.00992. The van der Waals surface area contributed by atoms with E-state index in [2.05, 4.69) is 5.32 Å². The lowest BCUT2D eigenvalue weighted by molar-refractivity contribution is -0.117. The van der Waals surface area contributed by atoms with Gasteiger partial charge in [-0.2, -0.15) is 0 Å². The molecule has 6 heteroatoms. The molecule has 1 saturated carbocycles. The molecule has 1 aromatic rings. The predicted octanol–water partition coefficient (Wildman–Crippen LogP) is 1.53. The Hall–Kier alpha value is -1.40. The molecule has 0 unspecified atom stereocenters. The van der Waals surface area contributed by atoms with Gasteiger partial charge in [-0.05, 0) is 36.6 Å². The maximum absolute atomic E-state index is 11.9. The van der Waals surface area contributed by atoms with Crippen molar-refractivity contribution < 1.29 is 13.2 Å². The van der Waals surface area contributed by atoms with Crippen LogP contribution in [0.2, 0.25) is 0 Å². The first-order valence-corrected chi connectivity index (χ1v) is 7.60. The van der Waals surface area contributed by atoms with Gasteiger partial charge in [-0.3, -0.25) is 4.79 Å². The summed E-state index contributed by atoms with van der Waals surface area (Å²) in [5.41, 5.74) is 0.627. The maximum atomic E-state index is 11.9. The van der Waals surface area contributed by atoms with Crippen LogP contribution in [-0.4, -0.2) is 32.7 Å². The Labute approximate surface area is 113 Å². The number of carbonyl (C=O) groups excluding carboxylic acids is 1. The third-order valence-corrected chi connectivity index (χ3v) is 5.18. The topological polar surface area (TPSA) is 66.5 Å². The molecule has 2 rings (SSSR count). The summed E-state index contributed by atoms with van der Waals surface area (Å²) in [7, 11) is -0.443.